The summed E-state index contributed by atoms with van der Waals surface area (Å²) < 4.78 is 1.59. The number of amides is 1. The van der Waals surface area contributed by atoms with E-state index in [4.69, 9.17) is 0 Å². The van der Waals surface area contributed by atoms with Gasteiger partial charge in [-0.3, -0.25) is 14.3 Å². The lowest BCUT2D eigenvalue weighted by Gasteiger charge is -2.43. The predicted molar refractivity (Wildman–Crippen MR) is 94.6 cm³/mol. The minimum Gasteiger partial charge on any atom is -0.481 e. The van der Waals surface area contributed by atoms with Crippen LogP contribution >= 0.6 is 0 Å². The van der Waals surface area contributed by atoms with E-state index in [2.05, 4.69) is 5.10 Å². The Bertz CT molecular complexity index is 789. The maximum absolute atomic E-state index is 12.9. The van der Waals surface area contributed by atoms with Crippen LogP contribution in [-0.2, 0) is 17.8 Å². The number of hydrogen-bond donors (Lipinski definition) is 2. The highest BCUT2D eigenvalue weighted by atomic mass is 16.4. The van der Waals surface area contributed by atoms with Gasteiger partial charge in [0, 0.05) is 25.8 Å². The predicted octanol–water partition coefficient (Wildman–Crippen LogP) is 1.42. The number of aromatic nitrogens is 2. The number of carbonyl (C=O) groups is 2. The van der Waals surface area contributed by atoms with Gasteiger partial charge in [-0.05, 0) is 31.4 Å². The molecule has 7 heteroatoms. The van der Waals surface area contributed by atoms with Crippen LogP contribution in [-0.4, -0.2) is 56.0 Å². The summed E-state index contributed by atoms with van der Waals surface area (Å²) >= 11 is 0. The molecule has 1 saturated heterocycles. The van der Waals surface area contributed by atoms with E-state index in [9.17, 15) is 19.8 Å². The number of hydrogen-bond acceptors (Lipinski definition) is 4. The third kappa shape index (κ3) is 3.22. The molecule has 1 fully saturated rings. The van der Waals surface area contributed by atoms with Gasteiger partial charge in [0.15, 0.2) is 0 Å². The monoisotopic (exact) mass is 357 g/mol. The lowest BCUT2D eigenvalue weighted by molar-refractivity contribution is -0.161. The standard InChI is InChI=1S/C19H23N3O4/c1-2-22-15(8-10-20-22)17(24)21-11-9-16(23)19(13-21,18(25)26)12-14-6-4-3-5-7-14/h3-8,10,16,23H,2,9,11-13H2,1H3,(H,25,26)/t16-,19-/m1/s1. The zero-order valence-corrected chi connectivity index (χ0v) is 14.7. The molecule has 0 bridgehead atoms. The number of aliphatic hydroxyl groups is 1. The van der Waals surface area contributed by atoms with Crippen molar-refractivity contribution >= 4 is 11.9 Å². The van der Waals surface area contributed by atoms with Gasteiger partial charge in [0.2, 0.25) is 0 Å². The van der Waals surface area contributed by atoms with Crippen molar-refractivity contribution in [3.05, 3.63) is 53.9 Å². The summed E-state index contributed by atoms with van der Waals surface area (Å²) in [6, 6.07) is 10.8. The highest BCUT2D eigenvalue weighted by molar-refractivity contribution is 5.93. The number of nitrogens with zero attached hydrogens (tertiary/aromatic N) is 3. The van der Waals surface area contributed by atoms with Crippen molar-refractivity contribution in [1.29, 1.82) is 0 Å². The Hall–Kier alpha value is -2.67. The topological polar surface area (TPSA) is 95.7 Å². The van der Waals surface area contributed by atoms with Crippen LogP contribution in [0, 0.1) is 5.41 Å². The Morgan fingerprint density at radius 1 is 1.27 bits per heavy atom. The molecule has 2 N–H and O–H groups in total. The van der Waals surface area contributed by atoms with Gasteiger partial charge in [-0.25, -0.2) is 0 Å². The largest absolute Gasteiger partial charge is 0.481 e. The van der Waals surface area contributed by atoms with Gasteiger partial charge in [0.05, 0.1) is 6.10 Å². The minimum absolute atomic E-state index is 0.0356. The molecule has 1 aromatic carbocycles. The normalized spacial score (nSPS) is 23.0. The van der Waals surface area contributed by atoms with Crippen LogP contribution in [0.3, 0.4) is 0 Å². The van der Waals surface area contributed by atoms with Gasteiger partial charge >= 0.3 is 5.97 Å². The van der Waals surface area contributed by atoms with E-state index in [0.717, 1.165) is 5.56 Å². The number of piperidine rings is 1. The van der Waals surface area contributed by atoms with E-state index < -0.39 is 17.5 Å². The van der Waals surface area contributed by atoms with Gasteiger partial charge in [0.25, 0.3) is 5.91 Å². The average molecular weight is 357 g/mol. The van der Waals surface area contributed by atoms with Crippen LogP contribution in [0.15, 0.2) is 42.6 Å². The molecule has 2 heterocycles. The van der Waals surface area contributed by atoms with Crippen LogP contribution in [0.25, 0.3) is 0 Å². The van der Waals surface area contributed by atoms with Crippen molar-refractivity contribution in [2.24, 2.45) is 5.41 Å². The molecular weight excluding hydrogens is 334 g/mol. The maximum atomic E-state index is 12.9. The number of carbonyl (C=O) groups excluding carboxylic acids is 1. The van der Waals surface area contributed by atoms with Crippen molar-refractivity contribution < 1.29 is 19.8 Å². The van der Waals surface area contributed by atoms with E-state index >= 15 is 0 Å². The van der Waals surface area contributed by atoms with Crippen LogP contribution in [0.2, 0.25) is 0 Å². The highest BCUT2D eigenvalue weighted by Gasteiger charge is 2.50. The molecule has 7 nitrogen and oxygen atoms in total. The smallest absolute Gasteiger partial charge is 0.314 e. The quantitative estimate of drug-likeness (QED) is 0.844. The second-order valence-electron chi connectivity index (χ2n) is 6.69. The van der Waals surface area contributed by atoms with Crippen molar-refractivity contribution in [1.82, 2.24) is 14.7 Å². The Labute approximate surface area is 151 Å². The summed E-state index contributed by atoms with van der Waals surface area (Å²) in [7, 11) is 0. The second-order valence-corrected chi connectivity index (χ2v) is 6.69. The van der Waals surface area contributed by atoms with E-state index in [0.29, 0.717) is 18.8 Å². The Morgan fingerprint density at radius 3 is 2.65 bits per heavy atom. The third-order valence-corrected chi connectivity index (χ3v) is 5.09. The first-order chi connectivity index (χ1) is 12.5. The zero-order chi connectivity index (χ0) is 18.7. The van der Waals surface area contributed by atoms with Crippen molar-refractivity contribution in [2.45, 2.75) is 32.4 Å². The van der Waals surface area contributed by atoms with E-state index in [1.807, 2.05) is 37.3 Å². The first kappa shape index (κ1) is 18.1. The lowest BCUT2D eigenvalue weighted by atomic mass is 9.72. The summed E-state index contributed by atoms with van der Waals surface area (Å²) in [4.78, 5) is 26.6. The first-order valence-electron chi connectivity index (χ1n) is 8.74. The summed E-state index contributed by atoms with van der Waals surface area (Å²) in [6.45, 7) is 2.73. The minimum atomic E-state index is -1.42. The highest BCUT2D eigenvalue weighted by Crippen LogP contribution is 2.35. The molecule has 0 saturated carbocycles. The van der Waals surface area contributed by atoms with E-state index in [1.54, 1.807) is 16.9 Å². The third-order valence-electron chi connectivity index (χ3n) is 5.09. The van der Waals surface area contributed by atoms with Gasteiger partial charge in [-0.2, -0.15) is 5.10 Å². The number of rotatable bonds is 5. The number of aliphatic hydroxyl groups excluding tert-OH is 1. The molecule has 0 aliphatic carbocycles. The van der Waals surface area contributed by atoms with Gasteiger partial charge < -0.3 is 15.1 Å². The molecule has 1 amide bonds. The van der Waals surface area contributed by atoms with Crippen molar-refractivity contribution in [3.63, 3.8) is 0 Å². The second kappa shape index (κ2) is 7.29. The summed E-state index contributed by atoms with van der Waals surface area (Å²) in [5, 5.41) is 24.6. The maximum Gasteiger partial charge on any atom is 0.314 e. The fourth-order valence-electron chi connectivity index (χ4n) is 3.60. The molecule has 2 aromatic rings. The van der Waals surface area contributed by atoms with Gasteiger partial charge in [-0.1, -0.05) is 30.3 Å². The molecule has 138 valence electrons. The molecule has 26 heavy (non-hydrogen) atoms. The van der Waals surface area contributed by atoms with Crippen LogP contribution < -0.4 is 0 Å². The number of benzene rings is 1. The van der Waals surface area contributed by atoms with E-state index in [-0.39, 0.29) is 25.3 Å². The zero-order valence-electron chi connectivity index (χ0n) is 14.7. The number of likely N-dealkylation sites (tertiary alicyclic amines) is 1. The molecule has 0 spiro atoms. The molecular formula is C19H23N3O4. The summed E-state index contributed by atoms with van der Waals surface area (Å²) in [5.41, 5.74) is -0.170. The van der Waals surface area contributed by atoms with Gasteiger partial charge in [-0.15, -0.1) is 0 Å². The van der Waals surface area contributed by atoms with E-state index in [1.165, 1.54) is 4.90 Å². The van der Waals surface area contributed by atoms with Crippen LogP contribution in [0.4, 0.5) is 0 Å². The van der Waals surface area contributed by atoms with Gasteiger partial charge in [0.1, 0.15) is 11.1 Å². The first-order valence-corrected chi connectivity index (χ1v) is 8.74. The van der Waals surface area contributed by atoms with Crippen molar-refractivity contribution in [3.8, 4) is 0 Å². The Balaban J connectivity index is 1.89. The number of carboxylic acids is 1. The molecule has 1 aliphatic rings. The molecule has 0 radical (unpaired) electrons. The summed E-state index contributed by atoms with van der Waals surface area (Å²) in [5.74, 6) is -1.34. The lowest BCUT2D eigenvalue weighted by Crippen LogP contribution is -2.58. The fourth-order valence-corrected chi connectivity index (χ4v) is 3.60. The molecule has 1 aromatic heterocycles. The average Bonchev–Trinajstić information content (AvgIpc) is 3.12. The number of carboxylic acid groups (broad SMARTS) is 1. The number of aliphatic carboxylic acids is 1. The van der Waals surface area contributed by atoms with Crippen LogP contribution in [0.5, 0.6) is 0 Å². The SMILES string of the molecule is CCn1nccc1C(=O)N1CC[C@@H](O)[C@](Cc2ccccc2)(C(=O)O)C1. The van der Waals surface area contributed by atoms with Crippen molar-refractivity contribution in [2.75, 3.05) is 13.1 Å². The fraction of sp³-hybridized carbons (Fsp3) is 0.421. The molecule has 3 rings (SSSR count). The number of aryl methyl sites for hydroxylation is 1. The summed E-state index contributed by atoms with van der Waals surface area (Å²) in [6.07, 6.45) is 0.941. The molecule has 0 unspecified atom stereocenters. The molecule has 1 aliphatic heterocycles. The van der Waals surface area contributed by atoms with Crippen LogP contribution in [0.1, 0.15) is 29.4 Å². The molecule has 2 atom stereocenters. The Morgan fingerprint density at radius 2 is 2.00 bits per heavy atom. The Kier molecular flexibility index (Phi) is 5.08.